The summed E-state index contributed by atoms with van der Waals surface area (Å²) in [5.41, 5.74) is 0.432. The van der Waals surface area contributed by atoms with Gasteiger partial charge in [-0.15, -0.1) is 0 Å². The third-order valence-electron chi connectivity index (χ3n) is 3.31. The Bertz CT molecular complexity index is 858. The van der Waals surface area contributed by atoms with Crippen LogP contribution in [0.5, 0.6) is 11.6 Å². The number of benzene rings is 2. The van der Waals surface area contributed by atoms with E-state index in [9.17, 15) is 9.59 Å². The van der Waals surface area contributed by atoms with Crippen LogP contribution in [0.4, 0.5) is 0 Å². The topological polar surface area (TPSA) is 61.2 Å². The SMILES string of the molecule is O=Cc1c(Oc2ccccc2)ncn(Cc2ccccc2)c1=O. The van der Waals surface area contributed by atoms with E-state index < -0.39 is 5.56 Å². The van der Waals surface area contributed by atoms with Crippen molar-refractivity contribution in [2.75, 3.05) is 0 Å². The van der Waals surface area contributed by atoms with Gasteiger partial charge in [-0.25, -0.2) is 4.98 Å². The first-order chi connectivity index (χ1) is 11.3. The van der Waals surface area contributed by atoms with Crippen LogP contribution < -0.4 is 10.3 Å². The zero-order chi connectivity index (χ0) is 16.1. The molecular weight excluding hydrogens is 292 g/mol. The molecule has 0 saturated carbocycles. The molecule has 114 valence electrons. The minimum Gasteiger partial charge on any atom is -0.438 e. The predicted molar refractivity (Wildman–Crippen MR) is 85.9 cm³/mol. The standard InChI is InChI=1S/C18H14N2O3/c21-12-16-17(23-15-9-5-2-6-10-15)19-13-20(18(16)22)11-14-7-3-1-4-8-14/h1-10,12-13H,11H2. The van der Waals surface area contributed by atoms with Gasteiger partial charge in [0.15, 0.2) is 6.29 Å². The molecule has 2 aromatic carbocycles. The first-order valence-corrected chi connectivity index (χ1v) is 7.09. The summed E-state index contributed by atoms with van der Waals surface area (Å²) in [6, 6.07) is 18.4. The molecule has 0 N–H and O–H groups in total. The van der Waals surface area contributed by atoms with Crippen molar-refractivity contribution in [3.63, 3.8) is 0 Å². The zero-order valence-electron chi connectivity index (χ0n) is 12.3. The number of ether oxygens (including phenoxy) is 1. The van der Waals surface area contributed by atoms with Gasteiger partial charge >= 0.3 is 0 Å². The van der Waals surface area contributed by atoms with Crippen molar-refractivity contribution in [1.82, 2.24) is 9.55 Å². The summed E-state index contributed by atoms with van der Waals surface area (Å²) in [6.07, 6.45) is 1.87. The number of nitrogens with zero attached hydrogens (tertiary/aromatic N) is 2. The van der Waals surface area contributed by atoms with E-state index in [-0.39, 0.29) is 11.4 Å². The zero-order valence-corrected chi connectivity index (χ0v) is 12.3. The molecule has 0 radical (unpaired) electrons. The van der Waals surface area contributed by atoms with Gasteiger partial charge in [0.2, 0.25) is 5.88 Å². The molecule has 0 aliphatic rings. The fourth-order valence-corrected chi connectivity index (χ4v) is 2.17. The van der Waals surface area contributed by atoms with Gasteiger partial charge in [0.1, 0.15) is 17.6 Å². The largest absolute Gasteiger partial charge is 0.438 e. The average Bonchev–Trinajstić information content (AvgIpc) is 2.59. The Morgan fingerprint density at radius 1 is 1.00 bits per heavy atom. The van der Waals surface area contributed by atoms with Gasteiger partial charge in [-0.05, 0) is 17.7 Å². The highest BCUT2D eigenvalue weighted by Crippen LogP contribution is 2.19. The van der Waals surface area contributed by atoms with E-state index in [4.69, 9.17) is 4.74 Å². The Balaban J connectivity index is 1.93. The minimum absolute atomic E-state index is 0.0144. The second kappa shape index (κ2) is 6.70. The maximum absolute atomic E-state index is 12.4. The summed E-state index contributed by atoms with van der Waals surface area (Å²) < 4.78 is 6.92. The van der Waals surface area contributed by atoms with E-state index in [0.717, 1.165) is 5.56 Å². The highest BCUT2D eigenvalue weighted by Gasteiger charge is 2.13. The summed E-state index contributed by atoms with van der Waals surface area (Å²) in [5, 5.41) is 0. The molecule has 3 rings (SSSR count). The maximum atomic E-state index is 12.4. The lowest BCUT2D eigenvalue weighted by Gasteiger charge is -2.10. The number of aldehydes is 1. The number of para-hydroxylation sites is 1. The van der Waals surface area contributed by atoms with Crippen LogP contribution in [0.2, 0.25) is 0 Å². The maximum Gasteiger partial charge on any atom is 0.268 e. The van der Waals surface area contributed by atoms with Crippen molar-refractivity contribution < 1.29 is 9.53 Å². The van der Waals surface area contributed by atoms with E-state index in [2.05, 4.69) is 4.98 Å². The number of carbonyl (C=O) groups excluding carboxylic acids is 1. The van der Waals surface area contributed by atoms with Gasteiger partial charge in [0.25, 0.3) is 5.56 Å². The van der Waals surface area contributed by atoms with Crippen molar-refractivity contribution in [3.8, 4) is 11.6 Å². The quantitative estimate of drug-likeness (QED) is 0.680. The molecule has 5 nitrogen and oxygen atoms in total. The molecule has 0 bridgehead atoms. The molecule has 0 spiro atoms. The minimum atomic E-state index is -0.426. The van der Waals surface area contributed by atoms with Crippen molar-refractivity contribution in [2.45, 2.75) is 6.54 Å². The van der Waals surface area contributed by atoms with Crippen molar-refractivity contribution in [3.05, 3.63) is 88.5 Å². The van der Waals surface area contributed by atoms with Crippen molar-refractivity contribution >= 4 is 6.29 Å². The average molecular weight is 306 g/mol. The van der Waals surface area contributed by atoms with Gasteiger partial charge in [-0.2, -0.15) is 0 Å². The summed E-state index contributed by atoms with van der Waals surface area (Å²) in [6.45, 7) is 0.346. The summed E-state index contributed by atoms with van der Waals surface area (Å²) in [5.74, 6) is 0.531. The molecular formula is C18H14N2O3. The second-order valence-corrected chi connectivity index (χ2v) is 4.92. The fourth-order valence-electron chi connectivity index (χ4n) is 2.17. The van der Waals surface area contributed by atoms with E-state index in [1.54, 1.807) is 24.3 Å². The lowest BCUT2D eigenvalue weighted by molar-refractivity contribution is 0.111. The summed E-state index contributed by atoms with van der Waals surface area (Å²) >= 11 is 0. The first-order valence-electron chi connectivity index (χ1n) is 7.09. The number of carbonyl (C=O) groups is 1. The molecule has 3 aromatic rings. The van der Waals surface area contributed by atoms with Gasteiger partial charge in [-0.1, -0.05) is 48.5 Å². The predicted octanol–water partition coefficient (Wildman–Crippen LogP) is 2.90. The number of hydrogen-bond acceptors (Lipinski definition) is 4. The van der Waals surface area contributed by atoms with Gasteiger partial charge < -0.3 is 4.74 Å². The Morgan fingerprint density at radius 3 is 2.30 bits per heavy atom. The Hall–Kier alpha value is -3.21. The third kappa shape index (κ3) is 3.35. The number of rotatable bonds is 5. The van der Waals surface area contributed by atoms with Crippen LogP contribution in [0, 0.1) is 0 Å². The molecule has 1 heterocycles. The van der Waals surface area contributed by atoms with Crippen LogP contribution in [-0.4, -0.2) is 15.8 Å². The number of aromatic nitrogens is 2. The van der Waals surface area contributed by atoms with E-state index in [0.29, 0.717) is 18.6 Å². The van der Waals surface area contributed by atoms with Crippen molar-refractivity contribution in [1.29, 1.82) is 0 Å². The van der Waals surface area contributed by atoms with Gasteiger partial charge in [0, 0.05) is 0 Å². The molecule has 23 heavy (non-hydrogen) atoms. The Morgan fingerprint density at radius 2 is 1.65 bits per heavy atom. The van der Waals surface area contributed by atoms with Crippen LogP contribution in [-0.2, 0) is 6.54 Å². The highest BCUT2D eigenvalue weighted by atomic mass is 16.5. The molecule has 0 aliphatic carbocycles. The Labute approximate surface area is 132 Å². The fraction of sp³-hybridized carbons (Fsp3) is 0.0556. The van der Waals surface area contributed by atoms with E-state index >= 15 is 0 Å². The highest BCUT2D eigenvalue weighted by molar-refractivity contribution is 5.77. The second-order valence-electron chi connectivity index (χ2n) is 4.92. The lowest BCUT2D eigenvalue weighted by Crippen LogP contribution is -2.25. The smallest absolute Gasteiger partial charge is 0.268 e. The lowest BCUT2D eigenvalue weighted by atomic mass is 10.2. The summed E-state index contributed by atoms with van der Waals surface area (Å²) in [4.78, 5) is 27.8. The normalized spacial score (nSPS) is 10.3. The monoisotopic (exact) mass is 306 g/mol. The van der Waals surface area contributed by atoms with Gasteiger partial charge in [-0.3, -0.25) is 14.2 Å². The summed E-state index contributed by atoms with van der Waals surface area (Å²) in [7, 11) is 0. The molecule has 0 atom stereocenters. The van der Waals surface area contributed by atoms with Crippen LogP contribution in [0.1, 0.15) is 15.9 Å². The van der Waals surface area contributed by atoms with Crippen LogP contribution in [0.3, 0.4) is 0 Å². The molecule has 0 amide bonds. The molecule has 1 aromatic heterocycles. The van der Waals surface area contributed by atoms with E-state index in [1.165, 1.54) is 10.9 Å². The van der Waals surface area contributed by atoms with Crippen LogP contribution in [0.25, 0.3) is 0 Å². The molecule has 0 aliphatic heterocycles. The molecule has 0 saturated heterocycles. The first kappa shape index (κ1) is 14.7. The van der Waals surface area contributed by atoms with Crippen molar-refractivity contribution in [2.24, 2.45) is 0 Å². The molecule has 5 heteroatoms. The van der Waals surface area contributed by atoms with Gasteiger partial charge in [0.05, 0.1) is 6.54 Å². The number of hydrogen-bond donors (Lipinski definition) is 0. The van der Waals surface area contributed by atoms with Crippen LogP contribution >= 0.6 is 0 Å². The molecule has 0 fully saturated rings. The van der Waals surface area contributed by atoms with Crippen LogP contribution in [0.15, 0.2) is 71.8 Å². The Kier molecular flexibility index (Phi) is 4.29. The molecule has 0 unspecified atom stereocenters. The van der Waals surface area contributed by atoms with E-state index in [1.807, 2.05) is 36.4 Å². The third-order valence-corrected chi connectivity index (χ3v) is 3.31.